The number of rotatable bonds is 5. The Morgan fingerprint density at radius 2 is 2.05 bits per heavy atom. The summed E-state index contributed by atoms with van der Waals surface area (Å²) in [4.78, 5) is 2.50. The number of phenols is 1. The fraction of sp³-hybridized carbons (Fsp3) is 0.600. The average Bonchev–Trinajstić information content (AvgIpc) is 2.44. The molecule has 4 nitrogen and oxygen atoms in total. The molecule has 0 amide bonds. The molecular weight excluding hydrogens is 240 g/mol. The molecule has 1 fully saturated rings. The van der Waals surface area contributed by atoms with Crippen LogP contribution in [0.15, 0.2) is 18.2 Å². The summed E-state index contributed by atoms with van der Waals surface area (Å²) in [6.45, 7) is 8.95. The van der Waals surface area contributed by atoms with Crippen molar-refractivity contribution in [1.82, 2.24) is 10.2 Å². The summed E-state index contributed by atoms with van der Waals surface area (Å²) in [5.74, 6) is 0.814. The fourth-order valence-corrected chi connectivity index (χ4v) is 2.71. The molecule has 1 aromatic rings. The van der Waals surface area contributed by atoms with Crippen molar-refractivity contribution in [2.45, 2.75) is 26.3 Å². The molecule has 0 unspecified atom stereocenters. The predicted octanol–water partition coefficient (Wildman–Crippen LogP) is 2.15. The first-order chi connectivity index (χ1) is 9.26. The lowest BCUT2D eigenvalue weighted by atomic mass is 10.0. The highest BCUT2D eigenvalue weighted by atomic mass is 16.5. The van der Waals surface area contributed by atoms with Crippen LogP contribution in [-0.4, -0.2) is 42.8 Å². The first-order valence-electron chi connectivity index (χ1n) is 7.16. The molecule has 1 aliphatic rings. The van der Waals surface area contributed by atoms with Gasteiger partial charge in [0.2, 0.25) is 0 Å². The maximum atomic E-state index is 9.78. The van der Waals surface area contributed by atoms with E-state index >= 15 is 0 Å². The van der Waals surface area contributed by atoms with Gasteiger partial charge in [0.25, 0.3) is 0 Å². The third-order valence-electron chi connectivity index (χ3n) is 3.65. The van der Waals surface area contributed by atoms with Crippen molar-refractivity contribution in [3.8, 4) is 11.5 Å². The van der Waals surface area contributed by atoms with Gasteiger partial charge < -0.3 is 15.2 Å². The first-order valence-corrected chi connectivity index (χ1v) is 7.16. The van der Waals surface area contributed by atoms with Gasteiger partial charge in [-0.2, -0.15) is 0 Å². The molecule has 1 heterocycles. The Hall–Kier alpha value is -1.26. The summed E-state index contributed by atoms with van der Waals surface area (Å²) >= 11 is 0. The van der Waals surface area contributed by atoms with Crippen molar-refractivity contribution in [2.24, 2.45) is 0 Å². The van der Waals surface area contributed by atoms with E-state index in [9.17, 15) is 5.11 Å². The molecule has 0 saturated carbocycles. The molecule has 1 aliphatic heterocycles. The lowest BCUT2D eigenvalue weighted by molar-refractivity contribution is 0.169. The van der Waals surface area contributed by atoms with Gasteiger partial charge in [-0.3, -0.25) is 4.90 Å². The second kappa shape index (κ2) is 6.78. The molecule has 106 valence electrons. The van der Waals surface area contributed by atoms with E-state index in [2.05, 4.69) is 17.1 Å². The second-order valence-electron chi connectivity index (χ2n) is 4.87. The van der Waals surface area contributed by atoms with Gasteiger partial charge >= 0.3 is 0 Å². The van der Waals surface area contributed by atoms with Crippen LogP contribution in [-0.2, 0) is 0 Å². The second-order valence-corrected chi connectivity index (χ2v) is 4.87. The molecule has 0 radical (unpaired) electrons. The molecule has 0 aromatic heterocycles. The fourth-order valence-electron chi connectivity index (χ4n) is 2.71. The molecule has 1 atom stereocenters. The van der Waals surface area contributed by atoms with Gasteiger partial charge in [-0.15, -0.1) is 0 Å². The van der Waals surface area contributed by atoms with E-state index in [1.807, 2.05) is 19.1 Å². The standard InChI is InChI=1S/C15H24N2O2/c1-3-13(17-9-7-16-8-10-17)12-5-6-14(18)15(11-12)19-4-2/h5-6,11,13,16,18H,3-4,7-10H2,1-2H3/t13-/m0/s1. The van der Waals surface area contributed by atoms with E-state index < -0.39 is 0 Å². The molecule has 2 N–H and O–H groups in total. The summed E-state index contributed by atoms with van der Waals surface area (Å²) < 4.78 is 5.48. The van der Waals surface area contributed by atoms with E-state index in [4.69, 9.17) is 4.74 Å². The normalized spacial score (nSPS) is 18.2. The van der Waals surface area contributed by atoms with Gasteiger partial charge in [0, 0.05) is 32.2 Å². The van der Waals surface area contributed by atoms with Gasteiger partial charge in [0.05, 0.1) is 6.61 Å². The van der Waals surface area contributed by atoms with Crippen molar-refractivity contribution in [1.29, 1.82) is 0 Å². The van der Waals surface area contributed by atoms with E-state index in [0.717, 1.165) is 32.6 Å². The summed E-state index contributed by atoms with van der Waals surface area (Å²) in [5, 5.41) is 13.2. The molecule has 0 bridgehead atoms. The average molecular weight is 264 g/mol. The lowest BCUT2D eigenvalue weighted by Crippen LogP contribution is -2.45. The number of benzene rings is 1. The largest absolute Gasteiger partial charge is 0.504 e. The lowest BCUT2D eigenvalue weighted by Gasteiger charge is -2.34. The zero-order chi connectivity index (χ0) is 13.7. The molecule has 19 heavy (non-hydrogen) atoms. The summed E-state index contributed by atoms with van der Waals surface area (Å²) in [5.41, 5.74) is 1.23. The number of hydrogen-bond acceptors (Lipinski definition) is 4. The van der Waals surface area contributed by atoms with Crippen molar-refractivity contribution >= 4 is 0 Å². The summed E-state index contributed by atoms with van der Waals surface area (Å²) in [6, 6.07) is 6.13. The molecule has 4 heteroatoms. The van der Waals surface area contributed by atoms with Crippen LogP contribution >= 0.6 is 0 Å². The van der Waals surface area contributed by atoms with Crippen LogP contribution in [0.1, 0.15) is 31.9 Å². The minimum Gasteiger partial charge on any atom is -0.504 e. The molecule has 2 rings (SSSR count). The monoisotopic (exact) mass is 264 g/mol. The van der Waals surface area contributed by atoms with Crippen LogP contribution in [0, 0.1) is 0 Å². The van der Waals surface area contributed by atoms with Crippen LogP contribution < -0.4 is 10.1 Å². The van der Waals surface area contributed by atoms with Crippen LogP contribution in [0.25, 0.3) is 0 Å². The van der Waals surface area contributed by atoms with Crippen LogP contribution in [0.2, 0.25) is 0 Å². The maximum Gasteiger partial charge on any atom is 0.161 e. The third-order valence-corrected chi connectivity index (χ3v) is 3.65. The number of nitrogens with zero attached hydrogens (tertiary/aromatic N) is 1. The van der Waals surface area contributed by atoms with E-state index in [0.29, 0.717) is 18.4 Å². The Labute approximate surface area is 115 Å². The number of phenolic OH excluding ortho intramolecular Hbond substituents is 1. The Bertz CT molecular complexity index is 403. The minimum absolute atomic E-state index is 0.223. The maximum absolute atomic E-state index is 9.78. The van der Waals surface area contributed by atoms with Crippen molar-refractivity contribution in [3.63, 3.8) is 0 Å². The summed E-state index contributed by atoms with van der Waals surface area (Å²) in [7, 11) is 0. The number of hydrogen-bond donors (Lipinski definition) is 2. The van der Waals surface area contributed by atoms with Crippen molar-refractivity contribution < 1.29 is 9.84 Å². The number of piperazine rings is 1. The van der Waals surface area contributed by atoms with Gasteiger partial charge in [0.1, 0.15) is 0 Å². The number of nitrogens with one attached hydrogen (secondary N) is 1. The molecular formula is C15H24N2O2. The van der Waals surface area contributed by atoms with Gasteiger partial charge in [0.15, 0.2) is 11.5 Å². The minimum atomic E-state index is 0.223. The number of ether oxygens (including phenoxy) is 1. The smallest absolute Gasteiger partial charge is 0.161 e. The van der Waals surface area contributed by atoms with E-state index in [1.165, 1.54) is 5.56 Å². The highest BCUT2D eigenvalue weighted by Gasteiger charge is 2.21. The number of aromatic hydroxyl groups is 1. The SMILES string of the molecule is CCOc1cc([C@H](CC)N2CCNCC2)ccc1O. The van der Waals surface area contributed by atoms with Crippen LogP contribution in [0.5, 0.6) is 11.5 Å². The highest BCUT2D eigenvalue weighted by molar-refractivity contribution is 5.42. The molecule has 0 spiro atoms. The topological polar surface area (TPSA) is 44.7 Å². The quantitative estimate of drug-likeness (QED) is 0.855. The van der Waals surface area contributed by atoms with Crippen LogP contribution in [0.3, 0.4) is 0 Å². The van der Waals surface area contributed by atoms with Gasteiger partial charge in [-0.25, -0.2) is 0 Å². The van der Waals surface area contributed by atoms with Crippen molar-refractivity contribution in [2.75, 3.05) is 32.8 Å². The highest BCUT2D eigenvalue weighted by Crippen LogP contribution is 2.32. The van der Waals surface area contributed by atoms with Crippen molar-refractivity contribution in [3.05, 3.63) is 23.8 Å². The molecule has 1 saturated heterocycles. The Kier molecular flexibility index (Phi) is 5.05. The zero-order valence-electron chi connectivity index (χ0n) is 11.9. The first kappa shape index (κ1) is 14.2. The summed E-state index contributed by atoms with van der Waals surface area (Å²) in [6.07, 6.45) is 1.07. The predicted molar refractivity (Wildman–Crippen MR) is 76.8 cm³/mol. The van der Waals surface area contributed by atoms with E-state index in [-0.39, 0.29) is 5.75 Å². The Morgan fingerprint density at radius 3 is 2.68 bits per heavy atom. The third kappa shape index (κ3) is 3.39. The Morgan fingerprint density at radius 1 is 1.32 bits per heavy atom. The van der Waals surface area contributed by atoms with Gasteiger partial charge in [-0.05, 0) is 31.0 Å². The van der Waals surface area contributed by atoms with Gasteiger partial charge in [-0.1, -0.05) is 13.0 Å². The van der Waals surface area contributed by atoms with E-state index in [1.54, 1.807) is 6.07 Å². The molecule has 1 aromatic carbocycles. The molecule has 0 aliphatic carbocycles. The van der Waals surface area contributed by atoms with Crippen LogP contribution in [0.4, 0.5) is 0 Å². The zero-order valence-corrected chi connectivity index (χ0v) is 11.9. The Balaban J connectivity index is 2.19.